The lowest BCUT2D eigenvalue weighted by atomic mass is 10.2. The van der Waals surface area contributed by atoms with Gasteiger partial charge in [0.25, 0.3) is 0 Å². The first-order valence-corrected chi connectivity index (χ1v) is 8.75. The molecule has 1 fully saturated rings. The van der Waals surface area contributed by atoms with Crippen molar-refractivity contribution in [3.63, 3.8) is 0 Å². The zero-order chi connectivity index (χ0) is 18.1. The molecule has 0 spiro atoms. The van der Waals surface area contributed by atoms with E-state index < -0.39 is 12.3 Å². The van der Waals surface area contributed by atoms with Gasteiger partial charge in [0.15, 0.2) is 0 Å². The highest BCUT2D eigenvalue weighted by molar-refractivity contribution is 5.75. The number of ether oxygens (including phenoxy) is 1. The van der Waals surface area contributed by atoms with Gasteiger partial charge in [-0.2, -0.15) is 0 Å². The SMILES string of the molecule is Cc1ccc2nc(CO[C@H]3CN(Cc4ccccc4F)C[C@H]3F)[nH]c2c1. The maximum absolute atomic E-state index is 14.3. The summed E-state index contributed by atoms with van der Waals surface area (Å²) in [4.78, 5) is 9.57. The molecule has 1 saturated heterocycles. The Bertz CT molecular complexity index is 911. The van der Waals surface area contributed by atoms with Crippen LogP contribution in [0.25, 0.3) is 11.0 Å². The van der Waals surface area contributed by atoms with Crippen molar-refractivity contribution in [3.05, 3.63) is 65.2 Å². The Morgan fingerprint density at radius 1 is 1.23 bits per heavy atom. The van der Waals surface area contributed by atoms with Gasteiger partial charge in [0.1, 0.15) is 30.5 Å². The van der Waals surface area contributed by atoms with E-state index in [1.54, 1.807) is 18.2 Å². The number of rotatable bonds is 5. The quantitative estimate of drug-likeness (QED) is 0.756. The van der Waals surface area contributed by atoms with E-state index in [1.165, 1.54) is 6.07 Å². The summed E-state index contributed by atoms with van der Waals surface area (Å²) in [6, 6.07) is 12.6. The van der Waals surface area contributed by atoms with Gasteiger partial charge >= 0.3 is 0 Å². The largest absolute Gasteiger partial charge is 0.366 e. The molecule has 1 aliphatic rings. The second kappa shape index (κ2) is 7.13. The van der Waals surface area contributed by atoms with Gasteiger partial charge in [0.2, 0.25) is 0 Å². The number of aromatic amines is 1. The minimum Gasteiger partial charge on any atom is -0.366 e. The fourth-order valence-electron chi connectivity index (χ4n) is 3.39. The van der Waals surface area contributed by atoms with Gasteiger partial charge in [-0.05, 0) is 30.7 Å². The van der Waals surface area contributed by atoms with Crippen molar-refractivity contribution < 1.29 is 13.5 Å². The first-order valence-electron chi connectivity index (χ1n) is 8.75. The Labute approximate surface area is 150 Å². The van der Waals surface area contributed by atoms with Gasteiger partial charge < -0.3 is 9.72 Å². The van der Waals surface area contributed by atoms with E-state index in [9.17, 15) is 8.78 Å². The molecule has 0 aliphatic carbocycles. The van der Waals surface area contributed by atoms with Crippen LogP contribution in [0.5, 0.6) is 0 Å². The average molecular weight is 357 g/mol. The van der Waals surface area contributed by atoms with Gasteiger partial charge in [-0.25, -0.2) is 13.8 Å². The highest BCUT2D eigenvalue weighted by atomic mass is 19.1. The number of aryl methyl sites for hydroxylation is 1. The molecule has 0 bridgehead atoms. The van der Waals surface area contributed by atoms with E-state index in [-0.39, 0.29) is 19.0 Å². The van der Waals surface area contributed by atoms with Gasteiger partial charge in [-0.1, -0.05) is 24.3 Å². The van der Waals surface area contributed by atoms with E-state index in [0.717, 1.165) is 16.6 Å². The summed E-state index contributed by atoms with van der Waals surface area (Å²) in [6.07, 6.45) is -1.62. The lowest BCUT2D eigenvalue weighted by molar-refractivity contribution is 0.00862. The molecule has 1 N–H and O–H groups in total. The Balaban J connectivity index is 1.36. The highest BCUT2D eigenvalue weighted by Gasteiger charge is 2.34. The van der Waals surface area contributed by atoms with Crippen LogP contribution in [0.2, 0.25) is 0 Å². The number of fused-ring (bicyclic) bond motifs is 1. The molecule has 2 atom stereocenters. The minimum atomic E-state index is -1.09. The third-order valence-electron chi connectivity index (χ3n) is 4.75. The average Bonchev–Trinajstić information content (AvgIpc) is 3.17. The number of nitrogens with one attached hydrogen (secondary N) is 1. The Morgan fingerprint density at radius 3 is 2.92 bits per heavy atom. The van der Waals surface area contributed by atoms with Crippen molar-refractivity contribution in [1.29, 1.82) is 0 Å². The zero-order valence-electron chi connectivity index (χ0n) is 14.6. The molecule has 0 unspecified atom stereocenters. The molecule has 2 aromatic carbocycles. The van der Waals surface area contributed by atoms with Crippen molar-refractivity contribution in [2.75, 3.05) is 13.1 Å². The fourth-order valence-corrected chi connectivity index (χ4v) is 3.39. The molecule has 136 valence electrons. The summed E-state index contributed by atoms with van der Waals surface area (Å²) in [5, 5.41) is 0. The number of nitrogens with zero attached hydrogens (tertiary/aromatic N) is 2. The molecule has 2 heterocycles. The maximum atomic E-state index is 14.3. The summed E-state index contributed by atoms with van der Waals surface area (Å²) in [5.74, 6) is 0.426. The van der Waals surface area contributed by atoms with E-state index in [2.05, 4.69) is 9.97 Å². The number of hydrogen-bond acceptors (Lipinski definition) is 3. The third-order valence-corrected chi connectivity index (χ3v) is 4.75. The van der Waals surface area contributed by atoms with E-state index in [1.807, 2.05) is 30.0 Å². The van der Waals surface area contributed by atoms with Crippen LogP contribution in [0.15, 0.2) is 42.5 Å². The first kappa shape index (κ1) is 17.1. The monoisotopic (exact) mass is 357 g/mol. The van der Waals surface area contributed by atoms with E-state index >= 15 is 0 Å². The van der Waals surface area contributed by atoms with Crippen molar-refractivity contribution >= 4 is 11.0 Å². The van der Waals surface area contributed by atoms with Crippen LogP contribution in [0.1, 0.15) is 17.0 Å². The molecule has 1 aliphatic heterocycles. The normalized spacial score (nSPS) is 20.9. The molecule has 1 aromatic heterocycles. The summed E-state index contributed by atoms with van der Waals surface area (Å²) in [7, 11) is 0. The minimum absolute atomic E-state index is 0.229. The molecule has 3 aromatic rings. The molecule has 4 rings (SSSR count). The van der Waals surface area contributed by atoms with Crippen LogP contribution in [0.4, 0.5) is 8.78 Å². The molecule has 0 saturated carbocycles. The van der Waals surface area contributed by atoms with Crippen LogP contribution in [-0.4, -0.2) is 40.2 Å². The first-order chi connectivity index (χ1) is 12.6. The number of hydrogen-bond donors (Lipinski definition) is 1. The lowest BCUT2D eigenvalue weighted by Crippen LogP contribution is -2.24. The Hall–Kier alpha value is -2.31. The molecule has 6 heteroatoms. The van der Waals surface area contributed by atoms with Gasteiger partial charge in [-0.15, -0.1) is 0 Å². The topological polar surface area (TPSA) is 41.1 Å². The second-order valence-corrected chi connectivity index (χ2v) is 6.86. The standard InChI is InChI=1S/C20H21F2N3O/c1-13-6-7-17-18(8-13)24-20(23-17)12-26-19-11-25(10-16(19)22)9-14-4-2-3-5-15(14)21/h2-8,16,19H,9-12H2,1H3,(H,23,24)/t16-,19+/m1/s1. The van der Waals surface area contributed by atoms with Crippen molar-refractivity contribution in [1.82, 2.24) is 14.9 Å². The molecular weight excluding hydrogens is 336 g/mol. The Kier molecular flexibility index (Phi) is 4.70. The summed E-state index contributed by atoms with van der Waals surface area (Å²) < 4.78 is 33.8. The van der Waals surface area contributed by atoms with Crippen molar-refractivity contribution in [2.45, 2.75) is 32.4 Å². The van der Waals surface area contributed by atoms with E-state index in [0.29, 0.717) is 24.5 Å². The molecule has 4 nitrogen and oxygen atoms in total. The van der Waals surface area contributed by atoms with Gasteiger partial charge in [0, 0.05) is 25.2 Å². The smallest absolute Gasteiger partial charge is 0.140 e. The summed E-state index contributed by atoms with van der Waals surface area (Å²) >= 11 is 0. The third kappa shape index (κ3) is 3.61. The van der Waals surface area contributed by atoms with Crippen LogP contribution < -0.4 is 0 Å². The number of alkyl halides is 1. The number of imidazole rings is 1. The number of halogens is 2. The predicted octanol–water partition coefficient (Wildman–Crippen LogP) is 3.75. The second-order valence-electron chi connectivity index (χ2n) is 6.86. The van der Waals surface area contributed by atoms with Crippen LogP contribution >= 0.6 is 0 Å². The number of H-pyrrole nitrogens is 1. The predicted molar refractivity (Wildman–Crippen MR) is 96.0 cm³/mol. The molecule has 26 heavy (non-hydrogen) atoms. The van der Waals surface area contributed by atoms with Crippen molar-refractivity contribution in [2.24, 2.45) is 0 Å². The van der Waals surface area contributed by atoms with Crippen LogP contribution in [0.3, 0.4) is 0 Å². The zero-order valence-corrected chi connectivity index (χ0v) is 14.6. The van der Waals surface area contributed by atoms with E-state index in [4.69, 9.17) is 4.74 Å². The van der Waals surface area contributed by atoms with Gasteiger partial charge in [-0.3, -0.25) is 4.90 Å². The number of likely N-dealkylation sites (tertiary alicyclic amines) is 1. The molecule has 0 radical (unpaired) electrons. The molecular formula is C20H21F2N3O. The lowest BCUT2D eigenvalue weighted by Gasteiger charge is -2.16. The summed E-state index contributed by atoms with van der Waals surface area (Å²) in [5.41, 5.74) is 3.55. The highest BCUT2D eigenvalue weighted by Crippen LogP contribution is 2.21. The van der Waals surface area contributed by atoms with Crippen LogP contribution in [-0.2, 0) is 17.9 Å². The fraction of sp³-hybridized carbons (Fsp3) is 0.350. The Morgan fingerprint density at radius 2 is 2.08 bits per heavy atom. The number of benzene rings is 2. The summed E-state index contributed by atoms with van der Waals surface area (Å²) in [6.45, 7) is 3.32. The van der Waals surface area contributed by atoms with Crippen LogP contribution in [0, 0.1) is 12.7 Å². The number of aromatic nitrogens is 2. The maximum Gasteiger partial charge on any atom is 0.140 e. The molecule has 0 amide bonds. The van der Waals surface area contributed by atoms with Gasteiger partial charge in [0.05, 0.1) is 11.0 Å². The van der Waals surface area contributed by atoms with Crippen molar-refractivity contribution in [3.8, 4) is 0 Å².